The minimum atomic E-state index is 0.413. The smallest absolute Gasteiger partial charge is 0.0716 e. The molecule has 3 nitrogen and oxygen atoms in total. The Morgan fingerprint density at radius 2 is 1.87 bits per heavy atom. The van der Waals surface area contributed by atoms with Gasteiger partial charge < -0.3 is 9.47 Å². The third-order valence-electron chi connectivity index (χ3n) is 2.15. The molecule has 1 rings (SSSR count). The van der Waals surface area contributed by atoms with Crippen molar-refractivity contribution in [2.45, 2.75) is 19.6 Å². The standard InChI is InChI=1S/C12H15NO2/c1-14-8-10-3-4-12(9-15-2)11(7-10)5-6-13/h3-4,7H,5,8-9H2,1-2H3. The van der Waals surface area contributed by atoms with E-state index in [1.807, 2.05) is 18.2 Å². The second kappa shape index (κ2) is 6.18. The zero-order valence-electron chi connectivity index (χ0n) is 9.12. The second-order valence-electron chi connectivity index (χ2n) is 3.30. The van der Waals surface area contributed by atoms with Crippen LogP contribution in [0.15, 0.2) is 18.2 Å². The maximum Gasteiger partial charge on any atom is 0.0716 e. The minimum Gasteiger partial charge on any atom is -0.380 e. The van der Waals surface area contributed by atoms with Crippen molar-refractivity contribution in [3.63, 3.8) is 0 Å². The maximum atomic E-state index is 8.71. The van der Waals surface area contributed by atoms with Gasteiger partial charge in [0, 0.05) is 14.2 Å². The molecule has 0 atom stereocenters. The predicted octanol–water partition coefficient (Wildman–Crippen LogP) is 2.05. The van der Waals surface area contributed by atoms with Crippen molar-refractivity contribution in [1.82, 2.24) is 0 Å². The van der Waals surface area contributed by atoms with E-state index >= 15 is 0 Å². The molecular formula is C12H15NO2. The molecule has 0 spiro atoms. The first-order chi connectivity index (χ1) is 7.31. The van der Waals surface area contributed by atoms with Gasteiger partial charge in [0.25, 0.3) is 0 Å². The number of methoxy groups -OCH3 is 2. The lowest BCUT2D eigenvalue weighted by Crippen LogP contribution is -1.98. The summed E-state index contributed by atoms with van der Waals surface area (Å²) >= 11 is 0. The fraction of sp³-hybridized carbons (Fsp3) is 0.417. The molecule has 0 radical (unpaired) electrons. The van der Waals surface area contributed by atoms with Crippen molar-refractivity contribution in [3.05, 3.63) is 34.9 Å². The molecule has 0 unspecified atom stereocenters. The van der Waals surface area contributed by atoms with Gasteiger partial charge in [-0.05, 0) is 16.7 Å². The summed E-state index contributed by atoms with van der Waals surface area (Å²) < 4.78 is 10.1. The van der Waals surface area contributed by atoms with E-state index < -0.39 is 0 Å². The molecule has 0 fully saturated rings. The van der Waals surface area contributed by atoms with E-state index in [0.29, 0.717) is 19.6 Å². The zero-order chi connectivity index (χ0) is 11.1. The van der Waals surface area contributed by atoms with E-state index in [2.05, 4.69) is 6.07 Å². The molecule has 0 aromatic heterocycles. The number of hydrogen-bond acceptors (Lipinski definition) is 3. The summed E-state index contributed by atoms with van der Waals surface area (Å²) in [4.78, 5) is 0. The van der Waals surface area contributed by atoms with Gasteiger partial charge >= 0.3 is 0 Å². The first-order valence-corrected chi connectivity index (χ1v) is 4.77. The number of nitrogens with zero attached hydrogens (tertiary/aromatic N) is 1. The minimum absolute atomic E-state index is 0.413. The van der Waals surface area contributed by atoms with Gasteiger partial charge in [0.05, 0.1) is 25.7 Å². The van der Waals surface area contributed by atoms with Crippen molar-refractivity contribution in [2.24, 2.45) is 0 Å². The lowest BCUT2D eigenvalue weighted by Gasteiger charge is -2.08. The van der Waals surface area contributed by atoms with Gasteiger partial charge in [-0.15, -0.1) is 0 Å². The van der Waals surface area contributed by atoms with Crippen LogP contribution >= 0.6 is 0 Å². The lowest BCUT2D eigenvalue weighted by molar-refractivity contribution is 0.182. The SMILES string of the molecule is COCc1ccc(COC)c(CC#N)c1. The summed E-state index contributed by atoms with van der Waals surface area (Å²) in [5.74, 6) is 0. The van der Waals surface area contributed by atoms with Gasteiger partial charge in [-0.25, -0.2) is 0 Å². The van der Waals surface area contributed by atoms with Crippen LogP contribution in [-0.4, -0.2) is 14.2 Å². The summed E-state index contributed by atoms with van der Waals surface area (Å²) in [6.45, 7) is 1.12. The van der Waals surface area contributed by atoms with Crippen molar-refractivity contribution < 1.29 is 9.47 Å². The molecule has 1 aromatic rings. The Morgan fingerprint density at radius 1 is 1.13 bits per heavy atom. The molecule has 0 aliphatic heterocycles. The Balaban J connectivity index is 2.93. The number of ether oxygens (including phenoxy) is 2. The largest absolute Gasteiger partial charge is 0.380 e. The van der Waals surface area contributed by atoms with Crippen LogP contribution in [0.1, 0.15) is 16.7 Å². The first-order valence-electron chi connectivity index (χ1n) is 4.77. The molecule has 0 amide bonds. The zero-order valence-corrected chi connectivity index (χ0v) is 9.12. The lowest BCUT2D eigenvalue weighted by atomic mass is 10.0. The van der Waals surface area contributed by atoms with Crippen LogP contribution in [0.25, 0.3) is 0 Å². The topological polar surface area (TPSA) is 42.2 Å². The Morgan fingerprint density at radius 3 is 2.47 bits per heavy atom. The van der Waals surface area contributed by atoms with Gasteiger partial charge in [-0.1, -0.05) is 18.2 Å². The number of rotatable bonds is 5. The fourth-order valence-corrected chi connectivity index (χ4v) is 1.48. The van der Waals surface area contributed by atoms with Crippen LogP contribution in [0.4, 0.5) is 0 Å². The normalized spacial score (nSPS) is 9.93. The van der Waals surface area contributed by atoms with Gasteiger partial charge in [-0.2, -0.15) is 5.26 Å². The molecule has 80 valence electrons. The van der Waals surface area contributed by atoms with Crippen LogP contribution < -0.4 is 0 Å². The van der Waals surface area contributed by atoms with Crippen molar-refractivity contribution in [1.29, 1.82) is 5.26 Å². The average Bonchev–Trinajstić information content (AvgIpc) is 2.23. The molecule has 0 aliphatic carbocycles. The molecular weight excluding hydrogens is 190 g/mol. The van der Waals surface area contributed by atoms with E-state index in [9.17, 15) is 0 Å². The van der Waals surface area contributed by atoms with E-state index in [4.69, 9.17) is 14.7 Å². The van der Waals surface area contributed by atoms with E-state index in [0.717, 1.165) is 16.7 Å². The average molecular weight is 205 g/mol. The van der Waals surface area contributed by atoms with Crippen LogP contribution in [0, 0.1) is 11.3 Å². The van der Waals surface area contributed by atoms with Crippen molar-refractivity contribution >= 4 is 0 Å². The van der Waals surface area contributed by atoms with E-state index in [1.165, 1.54) is 0 Å². The van der Waals surface area contributed by atoms with Crippen molar-refractivity contribution in [3.8, 4) is 6.07 Å². The number of nitriles is 1. The Labute approximate surface area is 90.2 Å². The summed E-state index contributed by atoms with van der Waals surface area (Å²) in [6, 6.07) is 8.15. The second-order valence-corrected chi connectivity index (χ2v) is 3.30. The van der Waals surface area contributed by atoms with Crippen molar-refractivity contribution in [2.75, 3.05) is 14.2 Å². The number of benzene rings is 1. The molecule has 0 saturated heterocycles. The molecule has 0 saturated carbocycles. The quantitative estimate of drug-likeness (QED) is 0.738. The molecule has 0 bridgehead atoms. The maximum absolute atomic E-state index is 8.71. The van der Waals surface area contributed by atoms with E-state index in [1.54, 1.807) is 14.2 Å². The van der Waals surface area contributed by atoms with Gasteiger partial charge in [0.1, 0.15) is 0 Å². The van der Waals surface area contributed by atoms with Gasteiger partial charge in [-0.3, -0.25) is 0 Å². The Bertz CT molecular complexity index is 355. The van der Waals surface area contributed by atoms with Gasteiger partial charge in [0.15, 0.2) is 0 Å². The monoisotopic (exact) mass is 205 g/mol. The first kappa shape index (κ1) is 11.7. The highest BCUT2D eigenvalue weighted by Gasteiger charge is 2.03. The van der Waals surface area contributed by atoms with Crippen LogP contribution in [0.5, 0.6) is 0 Å². The highest BCUT2D eigenvalue weighted by atomic mass is 16.5. The molecule has 1 aromatic carbocycles. The fourth-order valence-electron chi connectivity index (χ4n) is 1.48. The van der Waals surface area contributed by atoms with Crippen LogP contribution in [0.3, 0.4) is 0 Å². The molecule has 15 heavy (non-hydrogen) atoms. The highest BCUT2D eigenvalue weighted by molar-refractivity contribution is 5.33. The Hall–Kier alpha value is -1.37. The predicted molar refractivity (Wildman–Crippen MR) is 57.2 cm³/mol. The molecule has 0 aliphatic rings. The summed E-state index contributed by atoms with van der Waals surface area (Å²) in [6.07, 6.45) is 0.413. The summed E-state index contributed by atoms with van der Waals surface area (Å²) in [5.41, 5.74) is 3.18. The molecule has 0 N–H and O–H groups in total. The third kappa shape index (κ3) is 3.35. The summed E-state index contributed by atoms with van der Waals surface area (Å²) in [5, 5.41) is 8.71. The molecule has 3 heteroatoms. The Kier molecular flexibility index (Phi) is 4.82. The van der Waals surface area contributed by atoms with Gasteiger partial charge in [0.2, 0.25) is 0 Å². The molecule has 0 heterocycles. The number of hydrogen-bond donors (Lipinski definition) is 0. The van der Waals surface area contributed by atoms with Crippen LogP contribution in [0.2, 0.25) is 0 Å². The summed E-state index contributed by atoms with van der Waals surface area (Å²) in [7, 11) is 3.31. The highest BCUT2D eigenvalue weighted by Crippen LogP contribution is 2.14. The van der Waals surface area contributed by atoms with Crippen LogP contribution in [-0.2, 0) is 29.1 Å². The third-order valence-corrected chi connectivity index (χ3v) is 2.15. The van der Waals surface area contributed by atoms with E-state index in [-0.39, 0.29) is 0 Å².